The second-order valence-corrected chi connectivity index (χ2v) is 8.78. The molecule has 9 nitrogen and oxygen atoms in total. The fourth-order valence-electron chi connectivity index (χ4n) is 4.74. The number of benzene rings is 1. The van der Waals surface area contributed by atoms with Crippen LogP contribution in [0.5, 0.6) is 11.5 Å². The normalized spacial score (nSPS) is 22.6. The summed E-state index contributed by atoms with van der Waals surface area (Å²) in [7, 11) is 1.41. The van der Waals surface area contributed by atoms with Gasteiger partial charge in [0.1, 0.15) is 18.5 Å². The molecule has 0 radical (unpaired) electrons. The predicted molar refractivity (Wildman–Crippen MR) is 125 cm³/mol. The average molecular weight is 480 g/mol. The number of fused-ring (bicyclic) bond motifs is 3. The Bertz CT molecular complexity index is 1270. The van der Waals surface area contributed by atoms with E-state index in [1.54, 1.807) is 24.5 Å². The zero-order valence-corrected chi connectivity index (χ0v) is 19.1. The van der Waals surface area contributed by atoms with Crippen LogP contribution in [0, 0.1) is 5.82 Å². The molecule has 3 aromatic rings. The summed E-state index contributed by atoms with van der Waals surface area (Å²) in [5, 5.41) is 6.31. The van der Waals surface area contributed by atoms with Crippen LogP contribution in [-0.2, 0) is 9.47 Å². The number of hydrogen-bond donors (Lipinski definition) is 3. The van der Waals surface area contributed by atoms with E-state index in [0.29, 0.717) is 60.4 Å². The number of nitrogens with zero attached hydrogens (tertiary/aromatic N) is 1. The first-order valence-corrected chi connectivity index (χ1v) is 11.6. The Morgan fingerprint density at radius 1 is 1.29 bits per heavy atom. The van der Waals surface area contributed by atoms with Crippen LogP contribution in [-0.4, -0.2) is 61.6 Å². The van der Waals surface area contributed by atoms with E-state index in [-0.39, 0.29) is 29.7 Å². The van der Waals surface area contributed by atoms with Gasteiger partial charge in [-0.3, -0.25) is 9.78 Å². The highest BCUT2D eigenvalue weighted by molar-refractivity contribution is 6.07. The van der Waals surface area contributed by atoms with Gasteiger partial charge >= 0.3 is 0 Å². The summed E-state index contributed by atoms with van der Waals surface area (Å²) in [5.74, 6) is 0.128. The number of ether oxygens (including phenoxy) is 4. The van der Waals surface area contributed by atoms with Crippen LogP contribution < -0.4 is 20.1 Å². The maximum atomic E-state index is 14.4. The Morgan fingerprint density at radius 3 is 3.03 bits per heavy atom. The molecule has 1 amide bonds. The van der Waals surface area contributed by atoms with Crippen molar-refractivity contribution in [1.29, 1.82) is 0 Å². The molecular formula is C25H25FN4O5. The lowest BCUT2D eigenvalue weighted by molar-refractivity contribution is -0.101. The molecule has 1 aromatic carbocycles. The molecule has 182 valence electrons. The number of hydrogen-bond acceptors (Lipinski definition) is 7. The number of anilines is 2. The number of para-hydroxylation sites is 1. The van der Waals surface area contributed by atoms with Crippen LogP contribution in [0.15, 0.2) is 36.7 Å². The topological polar surface area (TPSA) is 107 Å². The molecule has 3 atom stereocenters. The van der Waals surface area contributed by atoms with Gasteiger partial charge in [0.15, 0.2) is 11.6 Å². The number of amides is 1. The highest BCUT2D eigenvalue weighted by Crippen LogP contribution is 2.51. The molecular weight excluding hydrogens is 455 g/mol. The van der Waals surface area contributed by atoms with Crippen molar-refractivity contribution in [3.63, 3.8) is 0 Å². The Hall–Kier alpha value is -3.63. The zero-order valence-electron chi connectivity index (χ0n) is 19.1. The quantitative estimate of drug-likeness (QED) is 0.476. The van der Waals surface area contributed by atoms with Gasteiger partial charge in [0.05, 0.1) is 55.8 Å². The molecule has 2 aromatic heterocycles. The largest absolute Gasteiger partial charge is 0.492 e. The molecule has 0 bridgehead atoms. The van der Waals surface area contributed by atoms with E-state index in [9.17, 15) is 9.18 Å². The maximum absolute atomic E-state index is 14.4. The third-order valence-electron chi connectivity index (χ3n) is 6.53. The number of H-pyrrole nitrogens is 1. The number of carbonyl (C=O) groups is 1. The van der Waals surface area contributed by atoms with Crippen molar-refractivity contribution in [2.75, 3.05) is 38.9 Å². The van der Waals surface area contributed by atoms with Crippen molar-refractivity contribution >= 4 is 17.3 Å². The first kappa shape index (κ1) is 21.9. The Labute approximate surface area is 200 Å². The molecule has 35 heavy (non-hydrogen) atoms. The molecule has 2 aliphatic heterocycles. The summed E-state index contributed by atoms with van der Waals surface area (Å²) in [4.78, 5) is 20.8. The minimum Gasteiger partial charge on any atom is -0.492 e. The number of aromatic nitrogens is 2. The van der Waals surface area contributed by atoms with Crippen molar-refractivity contribution in [2.45, 2.75) is 24.5 Å². The number of methoxy groups -OCH3 is 1. The first-order chi connectivity index (χ1) is 17.1. The van der Waals surface area contributed by atoms with Gasteiger partial charge in [-0.25, -0.2) is 4.39 Å². The van der Waals surface area contributed by atoms with Crippen molar-refractivity contribution in [3.8, 4) is 22.8 Å². The van der Waals surface area contributed by atoms with E-state index >= 15 is 0 Å². The molecule has 3 aliphatic rings. The van der Waals surface area contributed by atoms with E-state index in [1.807, 2.05) is 6.07 Å². The lowest BCUT2D eigenvalue weighted by Gasteiger charge is -2.23. The molecule has 3 N–H and O–H groups in total. The lowest BCUT2D eigenvalue weighted by Crippen LogP contribution is -2.33. The van der Waals surface area contributed by atoms with Crippen LogP contribution in [0.1, 0.15) is 28.4 Å². The maximum Gasteiger partial charge on any atom is 0.255 e. The fraction of sp³-hybridized carbons (Fsp3) is 0.360. The fourth-order valence-corrected chi connectivity index (χ4v) is 4.74. The molecule has 1 saturated carbocycles. The Morgan fingerprint density at radius 2 is 2.20 bits per heavy atom. The van der Waals surface area contributed by atoms with Crippen LogP contribution in [0.4, 0.5) is 15.8 Å². The summed E-state index contributed by atoms with van der Waals surface area (Å²) >= 11 is 0. The second kappa shape index (κ2) is 8.86. The Balaban J connectivity index is 1.42. The number of pyridine rings is 1. The van der Waals surface area contributed by atoms with E-state index in [0.717, 1.165) is 12.1 Å². The van der Waals surface area contributed by atoms with Crippen LogP contribution in [0.25, 0.3) is 11.3 Å². The molecule has 0 spiro atoms. The summed E-state index contributed by atoms with van der Waals surface area (Å²) in [6.45, 7) is 1.86. The zero-order chi connectivity index (χ0) is 23.9. The van der Waals surface area contributed by atoms with Crippen molar-refractivity contribution in [3.05, 3.63) is 53.7 Å². The molecule has 3 unspecified atom stereocenters. The molecule has 2 fully saturated rings. The number of halogens is 1. The first-order valence-electron chi connectivity index (χ1n) is 11.6. The van der Waals surface area contributed by atoms with E-state index in [2.05, 4.69) is 20.6 Å². The number of rotatable bonds is 7. The molecule has 1 aliphatic carbocycles. The number of carbonyl (C=O) groups excluding carboxylic acids is 1. The van der Waals surface area contributed by atoms with Gasteiger partial charge in [0.25, 0.3) is 5.91 Å². The molecule has 10 heteroatoms. The van der Waals surface area contributed by atoms with Gasteiger partial charge in [-0.1, -0.05) is 6.07 Å². The van der Waals surface area contributed by atoms with E-state index in [1.165, 1.54) is 13.2 Å². The van der Waals surface area contributed by atoms with Crippen LogP contribution in [0.2, 0.25) is 0 Å². The van der Waals surface area contributed by atoms with Crippen molar-refractivity contribution in [2.24, 2.45) is 0 Å². The standard InChI is InChI=1S/C25H25FN4O5/c1-32-24-16(26)3-2-4-17(24)28-23-20-21(15-9-18(15)29-25(20)31)30-22(23)14-5-6-27-10-19(14)35-12-13-11-33-7-8-34-13/h2-6,10,13,15,18,28,30H,7-9,11-12H2,1H3,(H,29,31). The van der Waals surface area contributed by atoms with Gasteiger partial charge in [-0.2, -0.15) is 0 Å². The summed E-state index contributed by atoms with van der Waals surface area (Å²) in [6.07, 6.45) is 3.99. The molecule has 1 saturated heterocycles. The predicted octanol–water partition coefficient (Wildman–Crippen LogP) is 3.36. The smallest absolute Gasteiger partial charge is 0.255 e. The monoisotopic (exact) mass is 480 g/mol. The van der Waals surface area contributed by atoms with Gasteiger partial charge in [0.2, 0.25) is 0 Å². The second-order valence-electron chi connectivity index (χ2n) is 8.78. The Kier molecular flexibility index (Phi) is 5.54. The van der Waals surface area contributed by atoms with Crippen LogP contribution in [0.3, 0.4) is 0 Å². The average Bonchev–Trinajstić information content (AvgIpc) is 3.55. The summed E-state index contributed by atoms with van der Waals surface area (Å²) in [5.41, 5.74) is 3.68. The third-order valence-corrected chi connectivity index (χ3v) is 6.53. The van der Waals surface area contributed by atoms with Gasteiger partial charge in [0, 0.05) is 29.4 Å². The van der Waals surface area contributed by atoms with E-state index in [4.69, 9.17) is 18.9 Å². The van der Waals surface area contributed by atoms with Gasteiger partial charge < -0.3 is 34.6 Å². The number of aromatic amines is 1. The minimum atomic E-state index is -0.502. The minimum absolute atomic E-state index is 0.0644. The van der Waals surface area contributed by atoms with E-state index < -0.39 is 5.82 Å². The van der Waals surface area contributed by atoms with Gasteiger partial charge in [-0.05, 0) is 24.6 Å². The summed E-state index contributed by atoms with van der Waals surface area (Å²) < 4.78 is 37.0. The van der Waals surface area contributed by atoms with Crippen LogP contribution >= 0.6 is 0 Å². The molecule has 4 heterocycles. The van der Waals surface area contributed by atoms with Crippen molar-refractivity contribution in [1.82, 2.24) is 15.3 Å². The lowest BCUT2D eigenvalue weighted by atomic mass is 10.0. The van der Waals surface area contributed by atoms with Crippen molar-refractivity contribution < 1.29 is 28.1 Å². The summed E-state index contributed by atoms with van der Waals surface area (Å²) in [6, 6.07) is 6.57. The SMILES string of the molecule is COc1c(F)cccc1Nc1c(-c2ccncc2OCC2COCCO2)[nH]c2c1C(=O)NC1CC21. The highest BCUT2D eigenvalue weighted by Gasteiger charge is 2.48. The third kappa shape index (κ3) is 3.98. The van der Waals surface area contributed by atoms with Gasteiger partial charge in [-0.15, -0.1) is 0 Å². The number of nitrogens with one attached hydrogen (secondary N) is 3. The highest BCUT2D eigenvalue weighted by atomic mass is 19.1. The molecule has 6 rings (SSSR count).